The summed E-state index contributed by atoms with van der Waals surface area (Å²) in [6.45, 7) is 0.737. The number of nitriles is 1. The summed E-state index contributed by atoms with van der Waals surface area (Å²) in [6.07, 6.45) is 2.03. The number of nitrogens with two attached hydrogens (primary N) is 1. The highest BCUT2D eigenvalue weighted by Gasteiger charge is 2.06. The summed E-state index contributed by atoms with van der Waals surface area (Å²) < 4.78 is 3.09. The second-order valence-corrected chi connectivity index (χ2v) is 5.44. The topological polar surface area (TPSA) is 54.7 Å². The van der Waals surface area contributed by atoms with Crippen molar-refractivity contribution in [2.24, 2.45) is 0 Å². The summed E-state index contributed by atoms with van der Waals surface area (Å²) in [5.41, 5.74) is 9.57. The van der Waals surface area contributed by atoms with Crippen LogP contribution in [-0.4, -0.2) is 4.57 Å². The predicted molar refractivity (Wildman–Crippen MR) is 84.3 cm³/mol. The van der Waals surface area contributed by atoms with E-state index in [0.717, 1.165) is 33.2 Å². The molecular weight excluding hydrogens is 314 g/mol. The van der Waals surface area contributed by atoms with Crippen molar-refractivity contribution in [1.29, 1.82) is 5.26 Å². The lowest BCUT2D eigenvalue weighted by molar-refractivity contribution is 0.833. The second kappa shape index (κ2) is 5.03. The first kappa shape index (κ1) is 12.8. The highest BCUT2D eigenvalue weighted by Crippen LogP contribution is 2.26. The third kappa shape index (κ3) is 2.17. The lowest BCUT2D eigenvalue weighted by Gasteiger charge is -2.09. The van der Waals surface area contributed by atoms with E-state index < -0.39 is 0 Å². The van der Waals surface area contributed by atoms with Gasteiger partial charge < -0.3 is 10.3 Å². The van der Waals surface area contributed by atoms with Gasteiger partial charge in [-0.25, -0.2) is 0 Å². The van der Waals surface area contributed by atoms with Crippen molar-refractivity contribution in [1.82, 2.24) is 4.57 Å². The summed E-state index contributed by atoms with van der Waals surface area (Å²) in [4.78, 5) is 0. The van der Waals surface area contributed by atoms with Crippen molar-refractivity contribution < 1.29 is 0 Å². The number of fused-ring (bicyclic) bond motifs is 1. The van der Waals surface area contributed by atoms with Gasteiger partial charge in [-0.15, -0.1) is 0 Å². The van der Waals surface area contributed by atoms with Gasteiger partial charge in [0.05, 0.1) is 11.6 Å². The van der Waals surface area contributed by atoms with Gasteiger partial charge in [-0.3, -0.25) is 0 Å². The highest BCUT2D eigenvalue weighted by atomic mass is 79.9. The van der Waals surface area contributed by atoms with Crippen molar-refractivity contribution in [3.8, 4) is 6.07 Å². The van der Waals surface area contributed by atoms with Crippen molar-refractivity contribution in [3.05, 3.63) is 64.3 Å². The Morgan fingerprint density at radius 3 is 2.85 bits per heavy atom. The maximum absolute atomic E-state index is 8.93. The van der Waals surface area contributed by atoms with Crippen LogP contribution in [-0.2, 0) is 6.54 Å². The average Bonchev–Trinajstić information content (AvgIpc) is 2.86. The normalized spacial score (nSPS) is 10.6. The van der Waals surface area contributed by atoms with Crippen molar-refractivity contribution in [2.45, 2.75) is 6.54 Å². The standard InChI is InChI=1S/C16H12BrN3/c17-16-13(2-1-3-14(16)19)10-20-7-6-12-8-11(9-18)4-5-15(12)20/h1-8H,10,19H2. The molecular formula is C16H12BrN3. The van der Waals surface area contributed by atoms with E-state index in [4.69, 9.17) is 11.0 Å². The third-order valence-corrected chi connectivity index (χ3v) is 4.32. The Balaban J connectivity index is 2.03. The lowest BCUT2D eigenvalue weighted by atomic mass is 10.1. The number of benzene rings is 2. The van der Waals surface area contributed by atoms with Crippen LogP contribution in [0.3, 0.4) is 0 Å². The quantitative estimate of drug-likeness (QED) is 0.726. The largest absolute Gasteiger partial charge is 0.398 e. The van der Waals surface area contributed by atoms with Gasteiger partial charge in [0.1, 0.15) is 0 Å². The van der Waals surface area contributed by atoms with E-state index in [9.17, 15) is 0 Å². The molecule has 0 spiro atoms. The Morgan fingerprint density at radius 1 is 1.20 bits per heavy atom. The molecule has 20 heavy (non-hydrogen) atoms. The summed E-state index contributed by atoms with van der Waals surface area (Å²) in [7, 11) is 0. The first-order chi connectivity index (χ1) is 9.69. The van der Waals surface area contributed by atoms with Crippen LogP contribution in [0, 0.1) is 11.3 Å². The summed E-state index contributed by atoms with van der Waals surface area (Å²) in [5.74, 6) is 0. The lowest BCUT2D eigenvalue weighted by Crippen LogP contribution is -2.00. The van der Waals surface area contributed by atoms with E-state index in [1.807, 2.05) is 42.6 Å². The molecule has 98 valence electrons. The second-order valence-electron chi connectivity index (χ2n) is 4.65. The number of rotatable bonds is 2. The zero-order valence-corrected chi connectivity index (χ0v) is 12.3. The molecule has 0 saturated carbocycles. The minimum atomic E-state index is 0.681. The van der Waals surface area contributed by atoms with Crippen LogP contribution in [0.2, 0.25) is 0 Å². The zero-order chi connectivity index (χ0) is 14.1. The van der Waals surface area contributed by atoms with Gasteiger partial charge >= 0.3 is 0 Å². The van der Waals surface area contributed by atoms with E-state index >= 15 is 0 Å². The molecule has 1 aromatic heterocycles. The van der Waals surface area contributed by atoms with Gasteiger partial charge in [0, 0.05) is 33.8 Å². The molecule has 0 fully saturated rings. The SMILES string of the molecule is N#Cc1ccc2c(ccn2Cc2cccc(N)c2Br)c1. The first-order valence-corrected chi connectivity index (χ1v) is 7.00. The van der Waals surface area contributed by atoms with Crippen molar-refractivity contribution >= 4 is 32.5 Å². The number of hydrogen-bond donors (Lipinski definition) is 1. The third-order valence-electron chi connectivity index (χ3n) is 3.35. The molecule has 3 aromatic rings. The minimum Gasteiger partial charge on any atom is -0.398 e. The van der Waals surface area contributed by atoms with Crippen LogP contribution < -0.4 is 5.73 Å². The Bertz CT molecular complexity index is 827. The van der Waals surface area contributed by atoms with Crippen LogP contribution in [0.5, 0.6) is 0 Å². The van der Waals surface area contributed by atoms with Gasteiger partial charge in [0.2, 0.25) is 0 Å². The van der Waals surface area contributed by atoms with E-state index in [1.54, 1.807) is 0 Å². The smallest absolute Gasteiger partial charge is 0.0991 e. The van der Waals surface area contributed by atoms with Crippen LogP contribution in [0.4, 0.5) is 5.69 Å². The molecule has 0 aliphatic rings. The Labute approximate surface area is 125 Å². The number of nitrogens with zero attached hydrogens (tertiary/aromatic N) is 2. The molecule has 2 N–H and O–H groups in total. The van der Waals surface area contributed by atoms with Crippen LogP contribution >= 0.6 is 15.9 Å². The Kier molecular flexibility index (Phi) is 3.21. The molecule has 0 amide bonds. The van der Waals surface area contributed by atoms with Crippen molar-refractivity contribution in [3.63, 3.8) is 0 Å². The van der Waals surface area contributed by atoms with Crippen LogP contribution in [0.25, 0.3) is 10.9 Å². The van der Waals surface area contributed by atoms with Gasteiger partial charge in [0.25, 0.3) is 0 Å². The van der Waals surface area contributed by atoms with Gasteiger partial charge in [-0.1, -0.05) is 12.1 Å². The summed E-state index contributed by atoms with van der Waals surface area (Å²) >= 11 is 3.53. The molecule has 4 heteroatoms. The number of halogens is 1. The number of aromatic nitrogens is 1. The van der Waals surface area contributed by atoms with Gasteiger partial charge in [0.15, 0.2) is 0 Å². The monoisotopic (exact) mass is 325 g/mol. The first-order valence-electron chi connectivity index (χ1n) is 6.21. The molecule has 3 rings (SSSR count). The molecule has 0 unspecified atom stereocenters. The summed E-state index contributed by atoms with van der Waals surface area (Å²) in [6, 6.07) is 15.8. The van der Waals surface area contributed by atoms with Gasteiger partial charge in [-0.2, -0.15) is 5.26 Å². The molecule has 0 atom stereocenters. The number of hydrogen-bond acceptors (Lipinski definition) is 2. The maximum Gasteiger partial charge on any atom is 0.0991 e. The number of nitrogen functional groups attached to an aromatic ring is 1. The van der Waals surface area contributed by atoms with E-state index in [0.29, 0.717) is 5.56 Å². The average molecular weight is 326 g/mol. The molecule has 3 nitrogen and oxygen atoms in total. The molecule has 1 heterocycles. The molecule has 0 radical (unpaired) electrons. The fraction of sp³-hybridized carbons (Fsp3) is 0.0625. The molecule has 2 aromatic carbocycles. The zero-order valence-electron chi connectivity index (χ0n) is 10.7. The molecule has 0 aliphatic heterocycles. The highest BCUT2D eigenvalue weighted by molar-refractivity contribution is 9.10. The van der Waals surface area contributed by atoms with E-state index in [1.165, 1.54) is 0 Å². The van der Waals surface area contributed by atoms with E-state index in [2.05, 4.69) is 32.6 Å². The number of anilines is 1. The Morgan fingerprint density at radius 2 is 2.05 bits per heavy atom. The van der Waals surface area contributed by atoms with Crippen LogP contribution in [0.1, 0.15) is 11.1 Å². The summed E-state index contributed by atoms with van der Waals surface area (Å²) in [5, 5.41) is 10.0. The fourth-order valence-electron chi connectivity index (χ4n) is 2.31. The van der Waals surface area contributed by atoms with Crippen molar-refractivity contribution in [2.75, 3.05) is 5.73 Å². The molecule has 0 saturated heterocycles. The van der Waals surface area contributed by atoms with Crippen LogP contribution in [0.15, 0.2) is 53.1 Å². The minimum absolute atomic E-state index is 0.681. The fourth-order valence-corrected chi connectivity index (χ4v) is 2.70. The maximum atomic E-state index is 8.93. The Hall–Kier alpha value is -2.25. The van der Waals surface area contributed by atoms with Gasteiger partial charge in [-0.05, 0) is 51.8 Å². The predicted octanol–water partition coefficient (Wildman–Crippen LogP) is 3.91. The molecule has 0 aliphatic carbocycles. The molecule has 0 bridgehead atoms. The van der Waals surface area contributed by atoms with E-state index in [-0.39, 0.29) is 0 Å².